The molecule has 2 nitrogen and oxygen atoms in total. The Hall–Kier alpha value is -1.57. The SMILES string of the molecule is C=C/C=C/OC(=O)CC=C(C)CCC=C(C)C. The van der Waals surface area contributed by atoms with Gasteiger partial charge in [-0.1, -0.05) is 36.0 Å². The molecule has 0 radical (unpaired) electrons. The van der Waals surface area contributed by atoms with E-state index in [2.05, 4.69) is 26.5 Å². The van der Waals surface area contributed by atoms with Gasteiger partial charge in [-0.05, 0) is 39.7 Å². The zero-order valence-corrected chi connectivity index (χ0v) is 11.0. The normalized spacial score (nSPS) is 11.4. The largest absolute Gasteiger partial charge is 0.434 e. The highest BCUT2D eigenvalue weighted by Gasteiger charge is 1.97. The fraction of sp³-hybridized carbons (Fsp3) is 0.400. The molecule has 2 heteroatoms. The van der Waals surface area contributed by atoms with E-state index in [0.717, 1.165) is 12.8 Å². The summed E-state index contributed by atoms with van der Waals surface area (Å²) in [4.78, 5) is 11.2. The highest BCUT2D eigenvalue weighted by molar-refractivity contribution is 5.71. The van der Waals surface area contributed by atoms with Crippen LogP contribution in [-0.4, -0.2) is 5.97 Å². The third-order valence-electron chi connectivity index (χ3n) is 2.12. The van der Waals surface area contributed by atoms with Crippen molar-refractivity contribution in [1.82, 2.24) is 0 Å². The zero-order valence-electron chi connectivity index (χ0n) is 11.0. The predicted molar refractivity (Wildman–Crippen MR) is 72.5 cm³/mol. The van der Waals surface area contributed by atoms with Gasteiger partial charge in [0.15, 0.2) is 0 Å². The van der Waals surface area contributed by atoms with Crippen LogP contribution in [0.25, 0.3) is 0 Å². The van der Waals surface area contributed by atoms with E-state index in [9.17, 15) is 4.79 Å². The summed E-state index contributed by atoms with van der Waals surface area (Å²) in [6.07, 6.45) is 10.9. The molecule has 0 aliphatic rings. The summed E-state index contributed by atoms with van der Waals surface area (Å²) in [6, 6.07) is 0. The van der Waals surface area contributed by atoms with Gasteiger partial charge in [0, 0.05) is 0 Å². The molecule has 0 saturated heterocycles. The Balaban J connectivity index is 3.89. The van der Waals surface area contributed by atoms with E-state index in [0.29, 0.717) is 6.42 Å². The molecule has 0 heterocycles. The summed E-state index contributed by atoms with van der Waals surface area (Å²) in [5, 5.41) is 0. The lowest BCUT2D eigenvalue weighted by molar-refractivity contribution is -0.137. The third-order valence-corrected chi connectivity index (χ3v) is 2.12. The molecule has 0 fully saturated rings. The van der Waals surface area contributed by atoms with E-state index < -0.39 is 0 Å². The molecule has 0 aliphatic heterocycles. The molecule has 0 bridgehead atoms. The number of carbonyl (C=O) groups is 1. The molecule has 0 aromatic rings. The predicted octanol–water partition coefficient (Wildman–Crippen LogP) is 4.31. The standard InChI is InChI=1S/C15H22O2/c1-5-6-12-17-15(16)11-10-14(4)9-7-8-13(2)3/h5-6,8,10,12H,1,7,9,11H2,2-4H3/b12-6+,14-10?. The Morgan fingerprint density at radius 1 is 1.24 bits per heavy atom. The van der Waals surface area contributed by atoms with Crippen LogP contribution in [0.2, 0.25) is 0 Å². The molecule has 0 unspecified atom stereocenters. The van der Waals surface area contributed by atoms with Gasteiger partial charge in [-0.15, -0.1) is 0 Å². The summed E-state index contributed by atoms with van der Waals surface area (Å²) in [5.74, 6) is -0.246. The number of rotatable bonds is 7. The number of allylic oxidation sites excluding steroid dienone is 5. The van der Waals surface area contributed by atoms with Gasteiger partial charge in [0.25, 0.3) is 0 Å². The van der Waals surface area contributed by atoms with Crippen molar-refractivity contribution in [2.45, 2.75) is 40.0 Å². The molecule has 0 aliphatic carbocycles. The Bertz CT molecular complexity index is 329. The van der Waals surface area contributed by atoms with Gasteiger partial charge in [-0.3, -0.25) is 4.79 Å². The van der Waals surface area contributed by atoms with Crippen LogP contribution in [0.1, 0.15) is 40.0 Å². The summed E-state index contributed by atoms with van der Waals surface area (Å²) >= 11 is 0. The maximum Gasteiger partial charge on any atom is 0.314 e. The van der Waals surface area contributed by atoms with Crippen LogP contribution in [-0.2, 0) is 9.53 Å². The molecule has 0 spiro atoms. The molecular weight excluding hydrogens is 212 g/mol. The van der Waals surface area contributed by atoms with Crippen LogP contribution in [0.5, 0.6) is 0 Å². The first kappa shape index (κ1) is 15.4. The van der Waals surface area contributed by atoms with Crippen LogP contribution < -0.4 is 0 Å². The van der Waals surface area contributed by atoms with E-state index >= 15 is 0 Å². The Labute approximate surface area is 104 Å². The molecule has 0 rings (SSSR count). The van der Waals surface area contributed by atoms with Crippen molar-refractivity contribution in [3.05, 3.63) is 48.3 Å². The first-order valence-corrected chi connectivity index (χ1v) is 5.82. The molecule has 0 amide bonds. The van der Waals surface area contributed by atoms with E-state index in [1.54, 1.807) is 12.2 Å². The Morgan fingerprint density at radius 3 is 2.53 bits per heavy atom. The summed E-state index contributed by atoms with van der Waals surface area (Å²) in [6.45, 7) is 9.69. The Kier molecular flexibility index (Phi) is 8.75. The lowest BCUT2D eigenvalue weighted by Crippen LogP contribution is -1.97. The molecule has 0 aromatic heterocycles. The van der Waals surface area contributed by atoms with Gasteiger partial charge < -0.3 is 4.74 Å². The van der Waals surface area contributed by atoms with Crippen molar-refractivity contribution in [3.63, 3.8) is 0 Å². The molecule has 0 atom stereocenters. The Morgan fingerprint density at radius 2 is 1.94 bits per heavy atom. The maximum atomic E-state index is 11.2. The van der Waals surface area contributed by atoms with E-state index in [-0.39, 0.29) is 5.97 Å². The van der Waals surface area contributed by atoms with Gasteiger partial charge >= 0.3 is 5.97 Å². The number of carbonyl (C=O) groups excluding carboxylic acids is 1. The second-order valence-corrected chi connectivity index (χ2v) is 4.13. The molecule has 17 heavy (non-hydrogen) atoms. The summed E-state index contributed by atoms with van der Waals surface area (Å²) in [7, 11) is 0. The van der Waals surface area contributed by atoms with Crippen LogP contribution in [0.4, 0.5) is 0 Å². The number of ether oxygens (including phenoxy) is 1. The lowest BCUT2D eigenvalue weighted by Gasteiger charge is -1.99. The first-order chi connectivity index (χ1) is 8.06. The van der Waals surface area contributed by atoms with Crippen molar-refractivity contribution in [1.29, 1.82) is 0 Å². The van der Waals surface area contributed by atoms with Crippen molar-refractivity contribution >= 4 is 5.97 Å². The number of esters is 1. The van der Waals surface area contributed by atoms with Crippen molar-refractivity contribution in [2.75, 3.05) is 0 Å². The number of hydrogen-bond acceptors (Lipinski definition) is 2. The van der Waals surface area contributed by atoms with Crippen molar-refractivity contribution in [3.8, 4) is 0 Å². The molecule has 0 saturated carbocycles. The van der Waals surface area contributed by atoms with E-state index in [1.807, 2.05) is 13.0 Å². The monoisotopic (exact) mass is 234 g/mol. The second kappa shape index (κ2) is 9.64. The molecule has 94 valence electrons. The minimum absolute atomic E-state index is 0.246. The van der Waals surface area contributed by atoms with E-state index in [1.165, 1.54) is 17.4 Å². The highest BCUT2D eigenvalue weighted by atomic mass is 16.5. The van der Waals surface area contributed by atoms with Gasteiger partial charge in [0.1, 0.15) is 0 Å². The van der Waals surface area contributed by atoms with Crippen LogP contribution >= 0.6 is 0 Å². The first-order valence-electron chi connectivity index (χ1n) is 5.82. The van der Waals surface area contributed by atoms with Crippen LogP contribution in [0.3, 0.4) is 0 Å². The van der Waals surface area contributed by atoms with Crippen molar-refractivity contribution in [2.24, 2.45) is 0 Å². The summed E-state index contributed by atoms with van der Waals surface area (Å²) in [5.41, 5.74) is 2.54. The van der Waals surface area contributed by atoms with Crippen LogP contribution in [0, 0.1) is 0 Å². The maximum absolute atomic E-state index is 11.2. The van der Waals surface area contributed by atoms with Gasteiger partial charge in [-0.2, -0.15) is 0 Å². The highest BCUT2D eigenvalue weighted by Crippen LogP contribution is 2.07. The molecule has 0 N–H and O–H groups in total. The number of hydrogen-bond donors (Lipinski definition) is 0. The van der Waals surface area contributed by atoms with Crippen LogP contribution in [0.15, 0.2) is 48.3 Å². The van der Waals surface area contributed by atoms with Crippen molar-refractivity contribution < 1.29 is 9.53 Å². The fourth-order valence-electron chi connectivity index (χ4n) is 1.17. The molecule has 0 aromatic carbocycles. The quantitative estimate of drug-likeness (QED) is 0.284. The average molecular weight is 234 g/mol. The topological polar surface area (TPSA) is 26.3 Å². The van der Waals surface area contributed by atoms with Gasteiger partial charge in [0.05, 0.1) is 12.7 Å². The van der Waals surface area contributed by atoms with Gasteiger partial charge in [0.2, 0.25) is 0 Å². The van der Waals surface area contributed by atoms with E-state index in [4.69, 9.17) is 4.74 Å². The molecular formula is C15H22O2. The third kappa shape index (κ3) is 10.7. The average Bonchev–Trinajstić information content (AvgIpc) is 2.26. The lowest BCUT2D eigenvalue weighted by atomic mass is 10.1. The fourth-order valence-corrected chi connectivity index (χ4v) is 1.17. The zero-order chi connectivity index (χ0) is 13.1. The second-order valence-electron chi connectivity index (χ2n) is 4.13. The minimum Gasteiger partial charge on any atom is -0.434 e. The smallest absolute Gasteiger partial charge is 0.314 e. The minimum atomic E-state index is -0.246. The summed E-state index contributed by atoms with van der Waals surface area (Å²) < 4.78 is 4.83. The van der Waals surface area contributed by atoms with Gasteiger partial charge in [-0.25, -0.2) is 0 Å².